The minimum absolute atomic E-state index is 0.207. The molecule has 1 aromatic heterocycles. The number of halogens is 1. The summed E-state index contributed by atoms with van der Waals surface area (Å²) in [6, 6.07) is 13.4. The number of rotatable bonds is 2. The molecule has 25 heavy (non-hydrogen) atoms. The molecule has 0 bridgehead atoms. The van der Waals surface area contributed by atoms with Crippen molar-refractivity contribution < 1.29 is 13.6 Å². The Balaban J connectivity index is 1.38. The molecule has 3 aromatic rings. The normalized spacial score (nSPS) is 15.5. The van der Waals surface area contributed by atoms with Crippen LogP contribution in [0.25, 0.3) is 11.1 Å². The highest BCUT2D eigenvalue weighted by molar-refractivity contribution is 5.89. The molecule has 0 radical (unpaired) electrons. The van der Waals surface area contributed by atoms with Crippen LogP contribution in [0, 0.1) is 5.82 Å². The van der Waals surface area contributed by atoms with Crippen molar-refractivity contribution in [3.63, 3.8) is 0 Å². The highest BCUT2D eigenvalue weighted by atomic mass is 19.1. The molecule has 0 aliphatic carbocycles. The van der Waals surface area contributed by atoms with Crippen LogP contribution >= 0.6 is 0 Å². The average molecular weight is 339 g/mol. The van der Waals surface area contributed by atoms with Crippen molar-refractivity contribution in [2.24, 2.45) is 0 Å². The number of benzene rings is 2. The van der Waals surface area contributed by atoms with Crippen LogP contribution in [0.2, 0.25) is 0 Å². The molecule has 0 spiro atoms. The molecule has 1 N–H and O–H groups in total. The Bertz CT molecular complexity index is 867. The number of oxazole rings is 1. The van der Waals surface area contributed by atoms with Crippen molar-refractivity contribution in [2.75, 3.05) is 18.4 Å². The quantitative estimate of drug-likeness (QED) is 0.754. The molecule has 2 aromatic carbocycles. The van der Waals surface area contributed by atoms with E-state index in [9.17, 15) is 9.18 Å². The number of urea groups is 1. The van der Waals surface area contributed by atoms with E-state index >= 15 is 0 Å². The second kappa shape index (κ2) is 6.55. The van der Waals surface area contributed by atoms with E-state index in [1.54, 1.807) is 17.0 Å². The maximum atomic E-state index is 13.2. The Labute approximate surface area is 144 Å². The molecule has 0 unspecified atom stereocenters. The van der Waals surface area contributed by atoms with Crippen LogP contribution in [-0.2, 0) is 0 Å². The smallest absolute Gasteiger partial charge is 0.321 e. The third kappa shape index (κ3) is 3.33. The number of carbonyl (C=O) groups is 1. The zero-order chi connectivity index (χ0) is 17.2. The number of piperidine rings is 1. The molecule has 6 heteroatoms. The summed E-state index contributed by atoms with van der Waals surface area (Å²) in [7, 11) is 0. The fraction of sp³-hybridized carbons (Fsp3) is 0.263. The summed E-state index contributed by atoms with van der Waals surface area (Å²) in [6.07, 6.45) is 1.59. The third-order valence-corrected chi connectivity index (χ3v) is 4.52. The van der Waals surface area contributed by atoms with Crippen molar-refractivity contribution in [1.82, 2.24) is 9.88 Å². The maximum Gasteiger partial charge on any atom is 0.321 e. The number of hydrogen-bond donors (Lipinski definition) is 1. The van der Waals surface area contributed by atoms with Gasteiger partial charge in [-0.05, 0) is 43.2 Å². The number of nitrogens with zero attached hydrogens (tertiary/aromatic N) is 2. The highest BCUT2D eigenvalue weighted by Crippen LogP contribution is 2.30. The van der Waals surface area contributed by atoms with Gasteiger partial charge in [-0.15, -0.1) is 0 Å². The lowest BCUT2D eigenvalue weighted by atomic mass is 9.97. The van der Waals surface area contributed by atoms with Crippen LogP contribution in [0.1, 0.15) is 24.7 Å². The number of fused-ring (bicyclic) bond motifs is 1. The molecule has 1 fully saturated rings. The largest absolute Gasteiger partial charge is 0.440 e. The van der Waals surface area contributed by atoms with Crippen LogP contribution in [0.15, 0.2) is 52.9 Å². The first kappa shape index (κ1) is 15.6. The lowest BCUT2D eigenvalue weighted by Crippen LogP contribution is -2.40. The summed E-state index contributed by atoms with van der Waals surface area (Å²) in [4.78, 5) is 18.6. The number of carbonyl (C=O) groups excluding carboxylic acids is 1. The molecule has 4 rings (SSSR count). The third-order valence-electron chi connectivity index (χ3n) is 4.52. The van der Waals surface area contributed by atoms with Gasteiger partial charge in [0.15, 0.2) is 11.5 Å². The van der Waals surface area contributed by atoms with Gasteiger partial charge >= 0.3 is 6.03 Å². The fourth-order valence-corrected chi connectivity index (χ4v) is 3.16. The van der Waals surface area contributed by atoms with E-state index in [2.05, 4.69) is 10.3 Å². The topological polar surface area (TPSA) is 58.4 Å². The van der Waals surface area contributed by atoms with Gasteiger partial charge in [0, 0.05) is 24.7 Å². The molecule has 1 saturated heterocycles. The molecule has 5 nitrogen and oxygen atoms in total. The molecule has 2 heterocycles. The Morgan fingerprint density at radius 3 is 2.72 bits per heavy atom. The van der Waals surface area contributed by atoms with Gasteiger partial charge in [0.25, 0.3) is 0 Å². The first-order valence-corrected chi connectivity index (χ1v) is 8.36. The lowest BCUT2D eigenvalue weighted by Gasteiger charge is -2.30. The van der Waals surface area contributed by atoms with Crippen molar-refractivity contribution in [3.8, 4) is 0 Å². The summed E-state index contributed by atoms with van der Waals surface area (Å²) >= 11 is 0. The number of para-hydroxylation sites is 2. The van der Waals surface area contributed by atoms with E-state index in [1.807, 2.05) is 24.3 Å². The fourth-order valence-electron chi connectivity index (χ4n) is 3.16. The number of amides is 2. The van der Waals surface area contributed by atoms with Gasteiger partial charge in [0.1, 0.15) is 11.3 Å². The zero-order valence-corrected chi connectivity index (χ0v) is 13.6. The van der Waals surface area contributed by atoms with Crippen molar-refractivity contribution in [3.05, 3.63) is 60.2 Å². The molecule has 0 atom stereocenters. The van der Waals surface area contributed by atoms with Crippen molar-refractivity contribution in [1.29, 1.82) is 0 Å². The van der Waals surface area contributed by atoms with Crippen LogP contribution in [-0.4, -0.2) is 29.0 Å². The summed E-state index contributed by atoms with van der Waals surface area (Å²) in [5, 5.41) is 2.74. The van der Waals surface area contributed by atoms with Crippen LogP contribution < -0.4 is 5.32 Å². The molecule has 128 valence electrons. The van der Waals surface area contributed by atoms with Gasteiger partial charge in [-0.2, -0.15) is 0 Å². The number of nitrogens with one attached hydrogen (secondary N) is 1. The van der Waals surface area contributed by atoms with Crippen molar-refractivity contribution in [2.45, 2.75) is 18.8 Å². The van der Waals surface area contributed by atoms with E-state index in [0.29, 0.717) is 18.8 Å². The maximum absolute atomic E-state index is 13.2. The van der Waals surface area contributed by atoms with E-state index in [4.69, 9.17) is 4.42 Å². The second-order valence-corrected chi connectivity index (χ2v) is 6.22. The number of anilines is 1. The minimum atomic E-state index is -0.368. The molecular formula is C19H18FN3O2. The van der Waals surface area contributed by atoms with Crippen LogP contribution in [0.3, 0.4) is 0 Å². The second-order valence-electron chi connectivity index (χ2n) is 6.22. The molecular weight excluding hydrogens is 321 g/mol. The van der Waals surface area contributed by atoms with Gasteiger partial charge < -0.3 is 14.6 Å². The summed E-state index contributed by atoms with van der Waals surface area (Å²) in [5.74, 6) is 0.587. The summed E-state index contributed by atoms with van der Waals surface area (Å²) < 4.78 is 19.0. The summed E-state index contributed by atoms with van der Waals surface area (Å²) in [5.41, 5.74) is 2.12. The monoisotopic (exact) mass is 339 g/mol. The van der Waals surface area contributed by atoms with Gasteiger partial charge in [0.2, 0.25) is 0 Å². The van der Waals surface area contributed by atoms with Gasteiger partial charge in [-0.1, -0.05) is 18.2 Å². The summed E-state index contributed by atoms with van der Waals surface area (Å²) in [6.45, 7) is 1.23. The predicted molar refractivity (Wildman–Crippen MR) is 93.0 cm³/mol. The standard InChI is InChI=1S/C19H18FN3O2/c20-14-4-3-5-15(12-14)21-19(24)23-10-8-13(9-11-23)18-22-16-6-1-2-7-17(16)25-18/h1-7,12-13H,8-11H2,(H,21,24). The molecule has 1 aliphatic rings. The van der Waals surface area contributed by atoms with Gasteiger partial charge in [-0.3, -0.25) is 0 Å². The zero-order valence-electron chi connectivity index (χ0n) is 13.6. The average Bonchev–Trinajstić information content (AvgIpc) is 3.06. The Hall–Kier alpha value is -2.89. The molecule has 1 aliphatic heterocycles. The molecule has 0 saturated carbocycles. The molecule has 2 amide bonds. The van der Waals surface area contributed by atoms with Crippen molar-refractivity contribution >= 4 is 22.8 Å². The SMILES string of the molecule is O=C(Nc1cccc(F)c1)N1CCC(c2nc3ccccc3o2)CC1. The Kier molecular flexibility index (Phi) is 4.09. The first-order valence-electron chi connectivity index (χ1n) is 8.36. The Morgan fingerprint density at radius 2 is 1.96 bits per heavy atom. The van der Waals surface area contributed by atoms with Crippen LogP contribution in [0.4, 0.5) is 14.9 Å². The number of likely N-dealkylation sites (tertiary alicyclic amines) is 1. The van der Waals surface area contributed by atoms with E-state index in [-0.39, 0.29) is 17.8 Å². The number of aromatic nitrogens is 1. The van der Waals surface area contributed by atoms with E-state index in [0.717, 1.165) is 29.8 Å². The first-order chi connectivity index (χ1) is 12.2. The van der Waals surface area contributed by atoms with Crippen LogP contribution in [0.5, 0.6) is 0 Å². The Morgan fingerprint density at radius 1 is 1.16 bits per heavy atom. The van der Waals surface area contributed by atoms with Gasteiger partial charge in [-0.25, -0.2) is 14.2 Å². The van der Waals surface area contributed by atoms with E-state index < -0.39 is 0 Å². The van der Waals surface area contributed by atoms with E-state index in [1.165, 1.54) is 12.1 Å². The lowest BCUT2D eigenvalue weighted by molar-refractivity contribution is 0.190. The predicted octanol–water partition coefficient (Wildman–Crippen LogP) is 4.38. The highest BCUT2D eigenvalue weighted by Gasteiger charge is 2.27. The minimum Gasteiger partial charge on any atom is -0.440 e. The van der Waals surface area contributed by atoms with Gasteiger partial charge in [0.05, 0.1) is 0 Å². The number of hydrogen-bond acceptors (Lipinski definition) is 3.